The molecule has 0 aliphatic carbocycles. The minimum Gasteiger partial charge on any atom is -0.486 e. The molecule has 0 bridgehead atoms. The zero-order valence-corrected chi connectivity index (χ0v) is 12.1. The summed E-state index contributed by atoms with van der Waals surface area (Å²) in [6.45, 7) is 4.75. The Kier molecular flexibility index (Phi) is 4.13. The van der Waals surface area contributed by atoms with E-state index in [1.54, 1.807) is 0 Å². The van der Waals surface area contributed by atoms with Crippen LogP contribution in [0, 0.1) is 0 Å². The number of hydrogen-bond acceptors (Lipinski definition) is 4. The van der Waals surface area contributed by atoms with Gasteiger partial charge in [-0.05, 0) is 38.4 Å². The van der Waals surface area contributed by atoms with E-state index in [2.05, 4.69) is 11.8 Å². The summed E-state index contributed by atoms with van der Waals surface area (Å²) in [6.07, 6.45) is 3.84. The second kappa shape index (κ2) is 6.02. The first-order valence-electron chi connectivity index (χ1n) is 7.62. The first-order chi connectivity index (χ1) is 9.74. The highest BCUT2D eigenvalue weighted by molar-refractivity contribution is 5.40. The van der Waals surface area contributed by atoms with Crippen molar-refractivity contribution >= 4 is 0 Å². The van der Waals surface area contributed by atoms with E-state index >= 15 is 0 Å². The lowest BCUT2D eigenvalue weighted by Gasteiger charge is -2.40. The van der Waals surface area contributed by atoms with Crippen LogP contribution in [0.4, 0.5) is 0 Å². The van der Waals surface area contributed by atoms with Crippen molar-refractivity contribution in [1.82, 2.24) is 4.90 Å². The molecule has 1 saturated heterocycles. The molecule has 0 saturated carbocycles. The minimum absolute atomic E-state index is 0.101. The molecule has 3 rings (SSSR count). The third kappa shape index (κ3) is 2.91. The van der Waals surface area contributed by atoms with E-state index < -0.39 is 0 Å². The maximum absolute atomic E-state index is 6.13. The lowest BCUT2D eigenvalue weighted by atomic mass is 9.96. The summed E-state index contributed by atoms with van der Waals surface area (Å²) in [5.74, 6) is 1.71. The molecule has 20 heavy (non-hydrogen) atoms. The van der Waals surface area contributed by atoms with Gasteiger partial charge in [-0.15, -0.1) is 0 Å². The number of rotatable bonds is 3. The van der Waals surface area contributed by atoms with Crippen molar-refractivity contribution in [2.45, 2.75) is 44.4 Å². The lowest BCUT2D eigenvalue weighted by Crippen LogP contribution is -2.53. The maximum Gasteiger partial charge on any atom is 0.161 e. The average molecular weight is 276 g/mol. The standard InChI is InChI=1S/C16H24N2O2/c1-12(17)14-6-4-5-9-18(14)10-13-11-19-15-7-2-3-8-16(15)20-13/h2-3,7-8,12-14H,4-6,9-11,17H2,1H3. The minimum atomic E-state index is 0.101. The largest absolute Gasteiger partial charge is 0.486 e. The van der Waals surface area contributed by atoms with Crippen LogP contribution in [-0.4, -0.2) is 42.8 Å². The van der Waals surface area contributed by atoms with Crippen molar-refractivity contribution < 1.29 is 9.47 Å². The fraction of sp³-hybridized carbons (Fsp3) is 0.625. The van der Waals surface area contributed by atoms with Gasteiger partial charge in [0.1, 0.15) is 12.7 Å². The summed E-state index contributed by atoms with van der Waals surface area (Å²) in [4.78, 5) is 2.48. The Morgan fingerprint density at radius 2 is 2.10 bits per heavy atom. The molecule has 4 heteroatoms. The van der Waals surface area contributed by atoms with Gasteiger partial charge >= 0.3 is 0 Å². The lowest BCUT2D eigenvalue weighted by molar-refractivity contribution is 0.0300. The highest BCUT2D eigenvalue weighted by Gasteiger charge is 2.30. The van der Waals surface area contributed by atoms with Crippen LogP contribution in [0.3, 0.4) is 0 Å². The monoisotopic (exact) mass is 276 g/mol. The van der Waals surface area contributed by atoms with Gasteiger partial charge in [0.15, 0.2) is 11.5 Å². The normalized spacial score (nSPS) is 28.1. The molecule has 0 aromatic heterocycles. The molecule has 0 radical (unpaired) electrons. The van der Waals surface area contributed by atoms with Crippen LogP contribution in [-0.2, 0) is 0 Å². The Labute approximate surface area is 120 Å². The van der Waals surface area contributed by atoms with Crippen LogP contribution in [0.5, 0.6) is 11.5 Å². The first kappa shape index (κ1) is 13.7. The Hall–Kier alpha value is -1.26. The summed E-state index contributed by atoms with van der Waals surface area (Å²) in [5.41, 5.74) is 6.13. The van der Waals surface area contributed by atoms with Gasteiger partial charge in [-0.3, -0.25) is 4.90 Å². The number of nitrogens with two attached hydrogens (primary N) is 1. The molecule has 0 spiro atoms. The van der Waals surface area contributed by atoms with E-state index in [-0.39, 0.29) is 12.1 Å². The summed E-state index contributed by atoms with van der Waals surface area (Å²) < 4.78 is 11.8. The number of para-hydroxylation sites is 2. The zero-order chi connectivity index (χ0) is 13.9. The summed E-state index contributed by atoms with van der Waals surface area (Å²) in [7, 11) is 0. The molecule has 1 fully saturated rings. The van der Waals surface area contributed by atoms with Crippen molar-refractivity contribution in [3.8, 4) is 11.5 Å². The smallest absolute Gasteiger partial charge is 0.161 e. The van der Waals surface area contributed by atoms with Gasteiger partial charge in [0, 0.05) is 18.6 Å². The highest BCUT2D eigenvalue weighted by atomic mass is 16.6. The van der Waals surface area contributed by atoms with Crippen LogP contribution >= 0.6 is 0 Å². The summed E-state index contributed by atoms with van der Waals surface area (Å²) in [6, 6.07) is 8.57. The average Bonchev–Trinajstić information content (AvgIpc) is 2.47. The molecule has 4 nitrogen and oxygen atoms in total. The molecule has 2 aliphatic heterocycles. The molecule has 2 N–H and O–H groups in total. The van der Waals surface area contributed by atoms with Gasteiger partial charge in [0.25, 0.3) is 0 Å². The zero-order valence-electron chi connectivity index (χ0n) is 12.1. The van der Waals surface area contributed by atoms with Gasteiger partial charge in [-0.25, -0.2) is 0 Å². The Morgan fingerprint density at radius 1 is 1.30 bits per heavy atom. The molecule has 1 aromatic rings. The van der Waals surface area contributed by atoms with Crippen LogP contribution in [0.2, 0.25) is 0 Å². The molecular formula is C16H24N2O2. The van der Waals surface area contributed by atoms with Crippen molar-refractivity contribution in [3.63, 3.8) is 0 Å². The molecule has 2 heterocycles. The number of nitrogens with zero attached hydrogens (tertiary/aromatic N) is 1. The predicted molar refractivity (Wildman–Crippen MR) is 79.2 cm³/mol. The van der Waals surface area contributed by atoms with E-state index in [0.717, 1.165) is 24.6 Å². The second-order valence-electron chi connectivity index (χ2n) is 5.91. The van der Waals surface area contributed by atoms with E-state index in [1.807, 2.05) is 24.3 Å². The molecule has 2 aliphatic rings. The van der Waals surface area contributed by atoms with Gasteiger partial charge in [0.05, 0.1) is 0 Å². The third-order valence-corrected chi connectivity index (χ3v) is 4.28. The molecule has 110 valence electrons. The number of ether oxygens (including phenoxy) is 2. The Bertz CT molecular complexity index is 450. The van der Waals surface area contributed by atoms with Crippen molar-refractivity contribution in [2.24, 2.45) is 5.73 Å². The molecule has 3 atom stereocenters. The Balaban J connectivity index is 1.63. The van der Waals surface area contributed by atoms with E-state index in [1.165, 1.54) is 19.3 Å². The van der Waals surface area contributed by atoms with Gasteiger partial charge in [-0.1, -0.05) is 18.6 Å². The molecule has 1 aromatic carbocycles. The number of fused-ring (bicyclic) bond motifs is 1. The third-order valence-electron chi connectivity index (χ3n) is 4.28. The topological polar surface area (TPSA) is 47.7 Å². The number of hydrogen-bond donors (Lipinski definition) is 1. The highest BCUT2D eigenvalue weighted by Crippen LogP contribution is 2.31. The van der Waals surface area contributed by atoms with Gasteiger partial charge in [-0.2, -0.15) is 0 Å². The maximum atomic E-state index is 6.13. The number of likely N-dealkylation sites (tertiary alicyclic amines) is 1. The number of benzene rings is 1. The SMILES string of the molecule is CC(N)C1CCCCN1CC1COc2ccccc2O1. The van der Waals surface area contributed by atoms with Crippen molar-refractivity contribution in [2.75, 3.05) is 19.7 Å². The van der Waals surface area contributed by atoms with E-state index in [4.69, 9.17) is 15.2 Å². The van der Waals surface area contributed by atoms with E-state index in [0.29, 0.717) is 12.6 Å². The summed E-state index contributed by atoms with van der Waals surface area (Å²) >= 11 is 0. The van der Waals surface area contributed by atoms with Gasteiger partial charge in [0.2, 0.25) is 0 Å². The fourth-order valence-corrected chi connectivity index (χ4v) is 3.25. The molecular weight excluding hydrogens is 252 g/mol. The summed E-state index contributed by atoms with van der Waals surface area (Å²) in [5, 5.41) is 0. The first-order valence-corrected chi connectivity index (χ1v) is 7.62. The van der Waals surface area contributed by atoms with Crippen molar-refractivity contribution in [1.29, 1.82) is 0 Å². The van der Waals surface area contributed by atoms with Crippen LogP contribution < -0.4 is 15.2 Å². The van der Waals surface area contributed by atoms with Crippen LogP contribution in [0.15, 0.2) is 24.3 Å². The van der Waals surface area contributed by atoms with Crippen molar-refractivity contribution in [3.05, 3.63) is 24.3 Å². The molecule has 3 unspecified atom stereocenters. The predicted octanol–water partition coefficient (Wildman–Crippen LogP) is 2.03. The number of piperidine rings is 1. The van der Waals surface area contributed by atoms with E-state index in [9.17, 15) is 0 Å². The van der Waals surface area contributed by atoms with Crippen LogP contribution in [0.1, 0.15) is 26.2 Å². The van der Waals surface area contributed by atoms with Gasteiger partial charge < -0.3 is 15.2 Å². The quantitative estimate of drug-likeness (QED) is 0.917. The fourth-order valence-electron chi connectivity index (χ4n) is 3.25. The molecule has 0 amide bonds. The second-order valence-corrected chi connectivity index (χ2v) is 5.91. The van der Waals surface area contributed by atoms with Crippen LogP contribution in [0.25, 0.3) is 0 Å². The Morgan fingerprint density at radius 3 is 2.90 bits per heavy atom.